The number of nitrogens with one attached hydrogen (secondary N) is 1. The molecular weight excluding hydrogens is 327 g/mol. The van der Waals surface area contributed by atoms with E-state index in [1.54, 1.807) is 24.3 Å². The van der Waals surface area contributed by atoms with Gasteiger partial charge in [-0.3, -0.25) is 9.48 Å². The first-order valence-electron chi connectivity index (χ1n) is 7.03. The van der Waals surface area contributed by atoms with Gasteiger partial charge in [-0.2, -0.15) is 18.3 Å². The molecule has 9 heteroatoms. The zero-order valence-electron chi connectivity index (χ0n) is 12.8. The quantitative estimate of drug-likeness (QED) is 0.836. The van der Waals surface area contributed by atoms with Crippen LogP contribution < -0.4 is 14.8 Å². The highest BCUT2D eigenvalue weighted by Gasteiger charge is 2.33. The maximum absolute atomic E-state index is 12.4. The van der Waals surface area contributed by atoms with Crippen molar-refractivity contribution in [1.82, 2.24) is 15.1 Å². The number of halogens is 3. The number of methoxy groups -OCH3 is 1. The molecule has 0 radical (unpaired) electrons. The molecule has 0 saturated heterocycles. The first kappa shape index (κ1) is 17.6. The lowest BCUT2D eigenvalue weighted by molar-refractivity contribution is -0.141. The molecule has 2 rings (SSSR count). The number of carbonyl (C=O) groups excluding carboxylic acids is 1. The molecule has 0 aliphatic rings. The van der Waals surface area contributed by atoms with E-state index in [4.69, 9.17) is 9.47 Å². The van der Waals surface area contributed by atoms with Crippen molar-refractivity contribution in [3.8, 4) is 11.5 Å². The second-order valence-electron chi connectivity index (χ2n) is 4.75. The average Bonchev–Trinajstić information content (AvgIpc) is 3.02. The molecular formula is C15H16F3N3O3. The molecule has 0 spiro atoms. The molecule has 0 saturated carbocycles. The van der Waals surface area contributed by atoms with Crippen molar-refractivity contribution in [1.29, 1.82) is 0 Å². The summed E-state index contributed by atoms with van der Waals surface area (Å²) in [6.07, 6.45) is -3.27. The number of ether oxygens (including phenoxy) is 2. The normalized spacial score (nSPS) is 11.2. The fraction of sp³-hybridized carbons (Fsp3) is 0.333. The van der Waals surface area contributed by atoms with Crippen molar-refractivity contribution in [2.75, 3.05) is 20.3 Å². The first-order valence-corrected chi connectivity index (χ1v) is 7.03. The number of hydrogen-bond donors (Lipinski definition) is 1. The van der Waals surface area contributed by atoms with E-state index in [-0.39, 0.29) is 19.7 Å². The largest absolute Gasteiger partial charge is 0.493 e. The summed E-state index contributed by atoms with van der Waals surface area (Å²) < 4.78 is 48.7. The van der Waals surface area contributed by atoms with E-state index in [1.165, 1.54) is 13.3 Å². The Labute approximate surface area is 136 Å². The Morgan fingerprint density at radius 2 is 1.96 bits per heavy atom. The summed E-state index contributed by atoms with van der Waals surface area (Å²) in [5, 5.41) is 5.93. The first-order chi connectivity index (χ1) is 11.4. The van der Waals surface area contributed by atoms with Gasteiger partial charge in [0.2, 0.25) is 0 Å². The molecule has 0 unspecified atom stereocenters. The summed E-state index contributed by atoms with van der Waals surface area (Å²) in [6, 6.07) is 7.75. The highest BCUT2D eigenvalue weighted by atomic mass is 19.4. The van der Waals surface area contributed by atoms with Crippen LogP contribution in [0.1, 0.15) is 5.69 Å². The van der Waals surface area contributed by atoms with Gasteiger partial charge in [-0.1, -0.05) is 12.1 Å². The summed E-state index contributed by atoms with van der Waals surface area (Å²) in [7, 11) is 1.49. The Balaban J connectivity index is 1.74. The second kappa shape index (κ2) is 7.71. The maximum Gasteiger partial charge on any atom is 0.435 e. The zero-order valence-corrected chi connectivity index (χ0v) is 12.8. The third kappa shape index (κ3) is 4.90. The summed E-state index contributed by atoms with van der Waals surface area (Å²) in [6.45, 7) is 0.0247. The SMILES string of the molecule is COc1ccccc1OCC(=O)NCCn1ccc(C(F)(F)F)n1. The van der Waals surface area contributed by atoms with Crippen LogP contribution in [-0.4, -0.2) is 35.9 Å². The minimum absolute atomic E-state index is 0.122. The van der Waals surface area contributed by atoms with Crippen molar-refractivity contribution in [2.24, 2.45) is 0 Å². The summed E-state index contributed by atoms with van der Waals surface area (Å²) >= 11 is 0. The van der Waals surface area contributed by atoms with E-state index in [0.29, 0.717) is 11.5 Å². The van der Waals surface area contributed by atoms with Crippen molar-refractivity contribution >= 4 is 5.91 Å². The Morgan fingerprint density at radius 3 is 2.58 bits per heavy atom. The van der Waals surface area contributed by atoms with Gasteiger partial charge >= 0.3 is 6.18 Å². The Morgan fingerprint density at radius 1 is 1.25 bits per heavy atom. The molecule has 0 fully saturated rings. The number of para-hydroxylation sites is 2. The van der Waals surface area contributed by atoms with Crippen molar-refractivity contribution in [2.45, 2.75) is 12.7 Å². The number of rotatable bonds is 7. The molecule has 2 aromatic rings. The van der Waals surface area contributed by atoms with Crippen LogP contribution in [0.15, 0.2) is 36.5 Å². The fourth-order valence-corrected chi connectivity index (χ4v) is 1.88. The molecule has 1 aromatic heterocycles. The van der Waals surface area contributed by atoms with E-state index in [0.717, 1.165) is 10.7 Å². The third-order valence-corrected chi connectivity index (χ3v) is 3.02. The van der Waals surface area contributed by atoms with Crippen molar-refractivity contribution in [3.05, 3.63) is 42.2 Å². The van der Waals surface area contributed by atoms with E-state index >= 15 is 0 Å². The Bertz CT molecular complexity index is 686. The molecule has 6 nitrogen and oxygen atoms in total. The van der Waals surface area contributed by atoms with Crippen molar-refractivity contribution < 1.29 is 27.4 Å². The number of carbonyl (C=O) groups is 1. The van der Waals surface area contributed by atoms with Gasteiger partial charge < -0.3 is 14.8 Å². The number of nitrogens with zero attached hydrogens (tertiary/aromatic N) is 2. The number of benzene rings is 1. The molecule has 0 bridgehead atoms. The summed E-state index contributed by atoms with van der Waals surface area (Å²) in [4.78, 5) is 11.7. The molecule has 24 heavy (non-hydrogen) atoms. The molecule has 0 aliphatic heterocycles. The summed E-state index contributed by atoms with van der Waals surface area (Å²) in [5.74, 6) is 0.530. The minimum Gasteiger partial charge on any atom is -0.493 e. The zero-order chi connectivity index (χ0) is 17.6. The highest BCUT2D eigenvalue weighted by molar-refractivity contribution is 5.77. The molecule has 0 aliphatic carbocycles. The van der Waals surface area contributed by atoms with Crippen LogP contribution in [0, 0.1) is 0 Å². The molecule has 1 amide bonds. The Kier molecular flexibility index (Phi) is 5.67. The molecule has 1 aromatic carbocycles. The molecule has 130 valence electrons. The van der Waals surface area contributed by atoms with Gasteiger partial charge in [0.05, 0.1) is 13.7 Å². The van der Waals surface area contributed by atoms with E-state index < -0.39 is 17.8 Å². The van der Waals surface area contributed by atoms with Gasteiger partial charge in [-0.05, 0) is 18.2 Å². The topological polar surface area (TPSA) is 65.4 Å². The van der Waals surface area contributed by atoms with Crippen LogP contribution in [0.4, 0.5) is 13.2 Å². The highest BCUT2D eigenvalue weighted by Crippen LogP contribution is 2.27. The molecule has 0 atom stereocenters. The standard InChI is InChI=1S/C15H16F3N3O3/c1-23-11-4-2-3-5-12(11)24-10-14(22)19-7-9-21-8-6-13(20-21)15(16,17)18/h2-6,8H,7,9-10H2,1H3,(H,19,22). The predicted molar refractivity (Wildman–Crippen MR) is 78.7 cm³/mol. The van der Waals surface area contributed by atoms with Crippen LogP contribution >= 0.6 is 0 Å². The van der Waals surface area contributed by atoms with Gasteiger partial charge in [0.15, 0.2) is 23.8 Å². The van der Waals surface area contributed by atoms with Gasteiger partial charge in [-0.25, -0.2) is 0 Å². The second-order valence-corrected chi connectivity index (χ2v) is 4.75. The number of aromatic nitrogens is 2. The van der Waals surface area contributed by atoms with E-state index in [1.807, 2.05) is 0 Å². The van der Waals surface area contributed by atoms with E-state index in [2.05, 4.69) is 10.4 Å². The van der Waals surface area contributed by atoms with Crippen molar-refractivity contribution in [3.63, 3.8) is 0 Å². The van der Waals surface area contributed by atoms with Gasteiger partial charge in [0.25, 0.3) is 5.91 Å². The lowest BCUT2D eigenvalue weighted by Gasteiger charge is -2.10. The average molecular weight is 343 g/mol. The monoisotopic (exact) mass is 343 g/mol. The van der Waals surface area contributed by atoms with E-state index in [9.17, 15) is 18.0 Å². The third-order valence-electron chi connectivity index (χ3n) is 3.02. The predicted octanol–water partition coefficient (Wildman–Crippen LogP) is 2.11. The van der Waals surface area contributed by atoms with Crippen LogP contribution in [0.25, 0.3) is 0 Å². The summed E-state index contributed by atoms with van der Waals surface area (Å²) in [5.41, 5.74) is -0.965. The lowest BCUT2D eigenvalue weighted by atomic mass is 10.3. The van der Waals surface area contributed by atoms with Gasteiger partial charge in [0, 0.05) is 12.7 Å². The lowest BCUT2D eigenvalue weighted by Crippen LogP contribution is -2.31. The van der Waals surface area contributed by atoms with Gasteiger partial charge in [-0.15, -0.1) is 0 Å². The minimum atomic E-state index is -4.48. The number of alkyl halides is 3. The fourth-order valence-electron chi connectivity index (χ4n) is 1.88. The van der Waals surface area contributed by atoms with Crippen LogP contribution in [0.5, 0.6) is 11.5 Å². The van der Waals surface area contributed by atoms with Crippen LogP contribution in [-0.2, 0) is 17.5 Å². The molecule has 1 N–H and O–H groups in total. The Hall–Kier alpha value is -2.71. The van der Waals surface area contributed by atoms with Gasteiger partial charge in [0.1, 0.15) is 0 Å². The number of hydrogen-bond acceptors (Lipinski definition) is 4. The molecule has 1 heterocycles. The smallest absolute Gasteiger partial charge is 0.435 e. The van der Waals surface area contributed by atoms with Crippen LogP contribution in [0.3, 0.4) is 0 Å². The number of amides is 1. The maximum atomic E-state index is 12.4. The van der Waals surface area contributed by atoms with Crippen LogP contribution in [0.2, 0.25) is 0 Å².